The first-order valence-corrected chi connectivity index (χ1v) is 4.61. The summed E-state index contributed by atoms with van der Waals surface area (Å²) in [6.07, 6.45) is 5.30. The number of rotatable bonds is 4. The van der Waals surface area contributed by atoms with Crippen LogP contribution in [0, 0.1) is 5.92 Å². The molecule has 1 aliphatic rings. The second-order valence-electron chi connectivity index (χ2n) is 3.54. The molecule has 0 aliphatic heterocycles. The van der Waals surface area contributed by atoms with Gasteiger partial charge in [-0.3, -0.25) is 0 Å². The van der Waals surface area contributed by atoms with E-state index in [1.807, 2.05) is 0 Å². The maximum absolute atomic E-state index is 13.0. The summed E-state index contributed by atoms with van der Waals surface area (Å²) >= 11 is 0. The van der Waals surface area contributed by atoms with Crippen LogP contribution in [0.4, 0.5) is 4.39 Å². The molecular weight excluding hydrogens is 141 g/mol. The Morgan fingerprint density at radius 1 is 1.45 bits per heavy atom. The van der Waals surface area contributed by atoms with Crippen molar-refractivity contribution in [1.29, 1.82) is 0 Å². The van der Waals surface area contributed by atoms with Crippen molar-refractivity contribution in [3.63, 3.8) is 0 Å². The summed E-state index contributed by atoms with van der Waals surface area (Å²) in [5.74, 6) is 0.679. The smallest absolute Gasteiger partial charge is 0.113 e. The fourth-order valence-corrected chi connectivity index (χ4v) is 1.91. The zero-order valence-electron chi connectivity index (χ0n) is 7.28. The van der Waals surface area contributed by atoms with Crippen molar-refractivity contribution >= 4 is 0 Å². The average molecular weight is 159 g/mol. The number of hydrogen-bond donors (Lipinski definition) is 1. The second-order valence-corrected chi connectivity index (χ2v) is 3.54. The second kappa shape index (κ2) is 4.70. The quantitative estimate of drug-likeness (QED) is 0.662. The molecule has 0 aromatic carbocycles. The zero-order chi connectivity index (χ0) is 8.10. The van der Waals surface area contributed by atoms with Gasteiger partial charge in [0, 0.05) is 6.54 Å². The van der Waals surface area contributed by atoms with Gasteiger partial charge in [-0.15, -0.1) is 0 Å². The molecule has 1 unspecified atom stereocenters. The van der Waals surface area contributed by atoms with E-state index >= 15 is 0 Å². The molecule has 0 aromatic heterocycles. The third-order valence-electron chi connectivity index (χ3n) is 2.49. The molecule has 0 bridgehead atoms. The predicted molar refractivity (Wildman–Crippen MR) is 45.4 cm³/mol. The molecule has 0 amide bonds. The van der Waals surface area contributed by atoms with E-state index in [2.05, 4.69) is 5.32 Å². The topological polar surface area (TPSA) is 12.0 Å². The lowest BCUT2D eigenvalue weighted by Gasteiger charge is -2.12. The number of hydrogen-bond acceptors (Lipinski definition) is 1. The van der Waals surface area contributed by atoms with Crippen LogP contribution in [0.3, 0.4) is 0 Å². The lowest BCUT2D eigenvalue weighted by atomic mass is 10.0. The SMILES string of the molecule is CNCC(F)CC1CCCC1. The van der Waals surface area contributed by atoms with Crippen LogP contribution in [-0.2, 0) is 0 Å². The van der Waals surface area contributed by atoms with E-state index in [1.165, 1.54) is 25.7 Å². The molecule has 66 valence electrons. The zero-order valence-corrected chi connectivity index (χ0v) is 7.28. The summed E-state index contributed by atoms with van der Waals surface area (Å²) in [5, 5.41) is 2.87. The van der Waals surface area contributed by atoms with Gasteiger partial charge >= 0.3 is 0 Å². The van der Waals surface area contributed by atoms with Crippen LogP contribution in [0.5, 0.6) is 0 Å². The lowest BCUT2D eigenvalue weighted by molar-refractivity contribution is 0.264. The van der Waals surface area contributed by atoms with Gasteiger partial charge < -0.3 is 5.32 Å². The van der Waals surface area contributed by atoms with Gasteiger partial charge in [0.25, 0.3) is 0 Å². The largest absolute Gasteiger partial charge is 0.317 e. The van der Waals surface area contributed by atoms with Crippen LogP contribution in [0.2, 0.25) is 0 Å². The maximum Gasteiger partial charge on any atom is 0.113 e. The summed E-state index contributed by atoms with van der Waals surface area (Å²) in [6, 6.07) is 0. The summed E-state index contributed by atoms with van der Waals surface area (Å²) in [5.41, 5.74) is 0. The van der Waals surface area contributed by atoms with Crippen molar-refractivity contribution in [2.75, 3.05) is 13.6 Å². The van der Waals surface area contributed by atoms with Crippen molar-refractivity contribution < 1.29 is 4.39 Å². The van der Waals surface area contributed by atoms with Crippen LogP contribution < -0.4 is 5.32 Å². The Labute approximate surface area is 68.4 Å². The molecule has 1 rings (SSSR count). The number of nitrogens with one attached hydrogen (secondary N) is 1. The van der Waals surface area contributed by atoms with E-state index < -0.39 is 6.17 Å². The molecule has 2 heteroatoms. The van der Waals surface area contributed by atoms with Crippen LogP contribution in [0.1, 0.15) is 32.1 Å². The molecule has 0 heterocycles. The van der Waals surface area contributed by atoms with Crippen molar-refractivity contribution in [3.8, 4) is 0 Å². The van der Waals surface area contributed by atoms with E-state index in [1.54, 1.807) is 7.05 Å². The standard InChI is InChI=1S/C9H18FN/c1-11-7-9(10)6-8-4-2-3-5-8/h8-9,11H,2-7H2,1H3. The fraction of sp³-hybridized carbons (Fsp3) is 1.00. The van der Waals surface area contributed by atoms with Gasteiger partial charge in [0.2, 0.25) is 0 Å². The minimum absolute atomic E-state index is 0.524. The van der Waals surface area contributed by atoms with Gasteiger partial charge in [-0.25, -0.2) is 4.39 Å². The van der Waals surface area contributed by atoms with E-state index in [9.17, 15) is 4.39 Å². The Morgan fingerprint density at radius 3 is 2.64 bits per heavy atom. The highest BCUT2D eigenvalue weighted by molar-refractivity contribution is 4.71. The van der Waals surface area contributed by atoms with Gasteiger partial charge in [-0.05, 0) is 19.4 Å². The Bertz CT molecular complexity index is 99.7. The summed E-state index contributed by atoms with van der Waals surface area (Å²) < 4.78 is 13.0. The van der Waals surface area contributed by atoms with E-state index in [0.29, 0.717) is 12.5 Å². The molecule has 0 radical (unpaired) electrons. The van der Waals surface area contributed by atoms with Crippen LogP contribution >= 0.6 is 0 Å². The third-order valence-corrected chi connectivity index (χ3v) is 2.49. The highest BCUT2D eigenvalue weighted by Crippen LogP contribution is 2.28. The van der Waals surface area contributed by atoms with Crippen LogP contribution in [-0.4, -0.2) is 19.8 Å². The van der Waals surface area contributed by atoms with Crippen LogP contribution in [0.15, 0.2) is 0 Å². The fourth-order valence-electron chi connectivity index (χ4n) is 1.91. The minimum atomic E-state index is -0.622. The molecule has 1 fully saturated rings. The first kappa shape index (κ1) is 8.98. The lowest BCUT2D eigenvalue weighted by Crippen LogP contribution is -2.21. The molecule has 1 saturated carbocycles. The molecule has 1 nitrogen and oxygen atoms in total. The van der Waals surface area contributed by atoms with Crippen LogP contribution in [0.25, 0.3) is 0 Å². The number of halogens is 1. The van der Waals surface area contributed by atoms with Crippen molar-refractivity contribution in [2.24, 2.45) is 5.92 Å². The molecule has 1 aliphatic carbocycles. The maximum atomic E-state index is 13.0. The third kappa shape index (κ3) is 3.19. The van der Waals surface area contributed by atoms with Crippen molar-refractivity contribution in [2.45, 2.75) is 38.3 Å². The van der Waals surface area contributed by atoms with Gasteiger partial charge in [-0.1, -0.05) is 25.7 Å². The first-order chi connectivity index (χ1) is 5.33. The Balaban J connectivity index is 2.08. The highest BCUT2D eigenvalue weighted by Gasteiger charge is 2.18. The number of alkyl halides is 1. The molecule has 0 aromatic rings. The molecule has 1 atom stereocenters. The predicted octanol–water partition coefficient (Wildman–Crippen LogP) is 2.12. The van der Waals surface area contributed by atoms with E-state index in [4.69, 9.17) is 0 Å². The molecular formula is C9H18FN. The van der Waals surface area contributed by atoms with Crippen molar-refractivity contribution in [1.82, 2.24) is 5.32 Å². The minimum Gasteiger partial charge on any atom is -0.317 e. The normalized spacial score (nSPS) is 22.4. The van der Waals surface area contributed by atoms with Gasteiger partial charge in [-0.2, -0.15) is 0 Å². The summed E-state index contributed by atoms with van der Waals surface area (Å²) in [7, 11) is 1.81. The Kier molecular flexibility index (Phi) is 3.84. The first-order valence-electron chi connectivity index (χ1n) is 4.61. The van der Waals surface area contributed by atoms with Gasteiger partial charge in [0.1, 0.15) is 6.17 Å². The van der Waals surface area contributed by atoms with Gasteiger partial charge in [0.05, 0.1) is 0 Å². The van der Waals surface area contributed by atoms with Crippen molar-refractivity contribution in [3.05, 3.63) is 0 Å². The molecule has 0 saturated heterocycles. The Morgan fingerprint density at radius 2 is 2.09 bits per heavy atom. The summed E-state index contributed by atoms with van der Waals surface area (Å²) in [4.78, 5) is 0. The average Bonchev–Trinajstić information content (AvgIpc) is 2.40. The summed E-state index contributed by atoms with van der Waals surface area (Å²) in [6.45, 7) is 0.524. The molecule has 1 N–H and O–H groups in total. The Hall–Kier alpha value is -0.110. The van der Waals surface area contributed by atoms with E-state index in [-0.39, 0.29) is 0 Å². The van der Waals surface area contributed by atoms with Gasteiger partial charge in [0.15, 0.2) is 0 Å². The molecule has 0 spiro atoms. The monoisotopic (exact) mass is 159 g/mol. The molecule has 11 heavy (non-hydrogen) atoms. The highest BCUT2D eigenvalue weighted by atomic mass is 19.1. The van der Waals surface area contributed by atoms with E-state index in [0.717, 1.165) is 6.42 Å².